The van der Waals surface area contributed by atoms with Gasteiger partial charge in [0.1, 0.15) is 16.9 Å². The Balaban J connectivity index is 1.63. The number of hydrazone groups is 1. The van der Waals surface area contributed by atoms with Gasteiger partial charge in [-0.25, -0.2) is 0 Å². The van der Waals surface area contributed by atoms with E-state index in [0.717, 1.165) is 17.9 Å². The highest BCUT2D eigenvalue weighted by molar-refractivity contribution is 6.51. The number of fused-ring (bicyclic) bond motifs is 2. The third kappa shape index (κ3) is 3.04. The maximum atomic E-state index is 13.7. The van der Waals surface area contributed by atoms with Gasteiger partial charge in [-0.05, 0) is 61.6 Å². The fourth-order valence-corrected chi connectivity index (χ4v) is 5.14. The monoisotopic (exact) mass is 419 g/mol. The van der Waals surface area contributed by atoms with Gasteiger partial charge in [-0.3, -0.25) is 15.0 Å². The number of Topliss-reactive ketones (excluding diaryl/α,β-unsaturated/α-hetero) is 1. The molecule has 162 valence electrons. The minimum atomic E-state index is -1.14. The molecule has 1 amide bonds. The number of nitrogens with one attached hydrogen (secondary N) is 2. The van der Waals surface area contributed by atoms with Crippen molar-refractivity contribution >= 4 is 28.8 Å². The first-order valence-electron chi connectivity index (χ1n) is 10.7. The number of para-hydroxylation sites is 1. The molecule has 4 rings (SSSR count). The van der Waals surface area contributed by atoms with E-state index in [1.54, 1.807) is 12.1 Å². The number of anilines is 2. The Bertz CT molecular complexity index is 1030. The third-order valence-corrected chi connectivity index (χ3v) is 7.45. The van der Waals surface area contributed by atoms with Crippen LogP contribution in [0.3, 0.4) is 0 Å². The van der Waals surface area contributed by atoms with Crippen molar-refractivity contribution in [3.05, 3.63) is 54.6 Å². The molecule has 0 spiro atoms. The molecule has 2 fully saturated rings. The molecule has 2 bridgehead atoms. The lowest BCUT2D eigenvalue weighted by molar-refractivity contribution is -0.139. The van der Waals surface area contributed by atoms with Crippen molar-refractivity contribution in [3.8, 4) is 5.75 Å². The molecule has 0 saturated heterocycles. The molecule has 2 aromatic carbocycles. The van der Waals surface area contributed by atoms with Crippen LogP contribution in [0.15, 0.2) is 59.7 Å². The summed E-state index contributed by atoms with van der Waals surface area (Å²) in [5.74, 6) is 0.296. The van der Waals surface area contributed by atoms with Crippen molar-refractivity contribution in [3.63, 3.8) is 0 Å². The van der Waals surface area contributed by atoms with E-state index in [4.69, 9.17) is 4.74 Å². The lowest BCUT2D eigenvalue weighted by atomic mass is 9.64. The summed E-state index contributed by atoms with van der Waals surface area (Å²) < 4.78 is 5.46. The van der Waals surface area contributed by atoms with Gasteiger partial charge in [0.2, 0.25) is 5.91 Å². The number of rotatable bonds is 6. The number of carbonyl (C=O) groups is 2. The minimum absolute atomic E-state index is 0.182. The predicted molar refractivity (Wildman–Crippen MR) is 122 cm³/mol. The molecule has 0 radical (unpaired) electrons. The van der Waals surface area contributed by atoms with Crippen molar-refractivity contribution in [2.45, 2.75) is 40.5 Å². The zero-order chi connectivity index (χ0) is 22.3. The molecule has 2 saturated carbocycles. The highest BCUT2D eigenvalue weighted by Gasteiger charge is 2.76. The number of ether oxygens (including phenoxy) is 1. The molecule has 0 aromatic heterocycles. The summed E-state index contributed by atoms with van der Waals surface area (Å²) in [5, 5.41) is 7.49. The number of hydrogen-bond acceptors (Lipinski definition) is 5. The Morgan fingerprint density at radius 1 is 1.00 bits per heavy atom. The lowest BCUT2D eigenvalue weighted by Crippen LogP contribution is -2.47. The fraction of sp³-hybridized carbons (Fsp3) is 0.400. The van der Waals surface area contributed by atoms with Crippen molar-refractivity contribution in [2.24, 2.45) is 21.3 Å². The van der Waals surface area contributed by atoms with E-state index >= 15 is 0 Å². The van der Waals surface area contributed by atoms with E-state index < -0.39 is 16.2 Å². The van der Waals surface area contributed by atoms with Crippen LogP contribution in [0.25, 0.3) is 0 Å². The minimum Gasteiger partial charge on any atom is -0.494 e. The van der Waals surface area contributed by atoms with E-state index in [1.165, 1.54) is 0 Å². The molecule has 6 heteroatoms. The van der Waals surface area contributed by atoms with Crippen molar-refractivity contribution in [2.75, 3.05) is 17.3 Å². The molecule has 6 nitrogen and oxygen atoms in total. The van der Waals surface area contributed by atoms with Gasteiger partial charge in [-0.15, -0.1) is 0 Å². The Hall–Kier alpha value is -3.15. The van der Waals surface area contributed by atoms with Crippen LogP contribution < -0.4 is 15.5 Å². The Labute approximate surface area is 183 Å². The highest BCUT2D eigenvalue weighted by Crippen LogP contribution is 2.69. The molecule has 2 aliphatic carbocycles. The molecule has 2 atom stereocenters. The van der Waals surface area contributed by atoms with E-state index in [9.17, 15) is 9.59 Å². The van der Waals surface area contributed by atoms with E-state index in [2.05, 4.69) is 22.8 Å². The average Bonchev–Trinajstić information content (AvgIpc) is 3.04. The first-order chi connectivity index (χ1) is 14.8. The molecule has 0 aliphatic heterocycles. The van der Waals surface area contributed by atoms with Crippen LogP contribution >= 0.6 is 0 Å². The molecule has 0 heterocycles. The summed E-state index contributed by atoms with van der Waals surface area (Å²) in [5.41, 5.74) is 2.72. The standard InChI is InChI=1S/C25H29N3O3/c1-5-31-19-13-11-17(12-14-19)26-22(30)25-16-15-24(4,23(25,2)3)20(21(25)29)28-27-18-9-7-6-8-10-18/h6-14,27H,5,15-16H2,1-4H3,(H,26,30)/b28-20+. The van der Waals surface area contributed by atoms with Gasteiger partial charge in [-0.1, -0.05) is 39.0 Å². The number of benzene rings is 2. The van der Waals surface area contributed by atoms with Gasteiger partial charge in [0.15, 0.2) is 5.78 Å². The van der Waals surface area contributed by atoms with Crippen LogP contribution in [-0.4, -0.2) is 24.0 Å². The molecular formula is C25H29N3O3. The summed E-state index contributed by atoms with van der Waals surface area (Å²) in [6.07, 6.45) is 1.25. The lowest BCUT2D eigenvalue weighted by Gasteiger charge is -2.37. The molecule has 2 aliphatic rings. The second-order valence-corrected chi connectivity index (χ2v) is 9.04. The summed E-state index contributed by atoms with van der Waals surface area (Å²) in [6, 6.07) is 16.7. The normalized spacial score (nSPS) is 27.4. The zero-order valence-electron chi connectivity index (χ0n) is 18.5. The quantitative estimate of drug-likeness (QED) is 0.516. The van der Waals surface area contributed by atoms with Crippen molar-refractivity contribution in [1.82, 2.24) is 0 Å². The Kier molecular flexibility index (Phi) is 5.12. The predicted octanol–water partition coefficient (Wildman–Crippen LogP) is 4.89. The molecule has 31 heavy (non-hydrogen) atoms. The summed E-state index contributed by atoms with van der Waals surface area (Å²) in [6.45, 7) is 8.58. The van der Waals surface area contributed by atoms with Crippen LogP contribution in [-0.2, 0) is 9.59 Å². The smallest absolute Gasteiger partial charge is 0.239 e. The number of amides is 1. The van der Waals surface area contributed by atoms with Gasteiger partial charge < -0.3 is 10.1 Å². The average molecular weight is 420 g/mol. The second kappa shape index (κ2) is 7.52. The maximum Gasteiger partial charge on any atom is 0.239 e. The fourth-order valence-electron chi connectivity index (χ4n) is 5.14. The number of nitrogens with zero attached hydrogens (tertiary/aromatic N) is 1. The van der Waals surface area contributed by atoms with Crippen molar-refractivity contribution in [1.29, 1.82) is 0 Å². The topological polar surface area (TPSA) is 79.8 Å². The Morgan fingerprint density at radius 2 is 1.68 bits per heavy atom. The van der Waals surface area contributed by atoms with Gasteiger partial charge >= 0.3 is 0 Å². The Morgan fingerprint density at radius 3 is 2.32 bits per heavy atom. The van der Waals surface area contributed by atoms with Gasteiger partial charge in [0, 0.05) is 11.1 Å². The summed E-state index contributed by atoms with van der Waals surface area (Å²) in [4.78, 5) is 27.2. The van der Waals surface area contributed by atoms with E-state index in [1.807, 2.05) is 63.2 Å². The SMILES string of the molecule is CCOc1ccc(NC(=O)C23CCC(C)(/C(=N/Nc4ccccc4)C2=O)C3(C)C)cc1. The second-order valence-electron chi connectivity index (χ2n) is 9.04. The van der Waals surface area contributed by atoms with Gasteiger partial charge in [-0.2, -0.15) is 5.10 Å². The third-order valence-electron chi connectivity index (χ3n) is 7.45. The maximum absolute atomic E-state index is 13.7. The summed E-state index contributed by atoms with van der Waals surface area (Å²) >= 11 is 0. The van der Waals surface area contributed by atoms with Gasteiger partial charge in [0.25, 0.3) is 0 Å². The van der Waals surface area contributed by atoms with E-state index in [0.29, 0.717) is 24.4 Å². The molecular weight excluding hydrogens is 390 g/mol. The number of carbonyl (C=O) groups excluding carboxylic acids is 2. The summed E-state index contributed by atoms with van der Waals surface area (Å²) in [7, 11) is 0. The first kappa shape index (κ1) is 21.1. The van der Waals surface area contributed by atoms with Crippen LogP contribution in [0, 0.1) is 16.2 Å². The van der Waals surface area contributed by atoms with Crippen LogP contribution in [0.4, 0.5) is 11.4 Å². The first-order valence-corrected chi connectivity index (χ1v) is 10.7. The number of ketones is 1. The molecule has 2 N–H and O–H groups in total. The highest BCUT2D eigenvalue weighted by atomic mass is 16.5. The van der Waals surface area contributed by atoms with E-state index in [-0.39, 0.29) is 11.7 Å². The zero-order valence-corrected chi connectivity index (χ0v) is 18.5. The molecule has 2 aromatic rings. The largest absolute Gasteiger partial charge is 0.494 e. The van der Waals surface area contributed by atoms with Crippen LogP contribution in [0.2, 0.25) is 0 Å². The molecule has 2 unspecified atom stereocenters. The van der Waals surface area contributed by atoms with Crippen LogP contribution in [0.1, 0.15) is 40.5 Å². The number of hydrogen-bond donors (Lipinski definition) is 2. The van der Waals surface area contributed by atoms with Gasteiger partial charge in [0.05, 0.1) is 12.3 Å². The van der Waals surface area contributed by atoms with Crippen LogP contribution in [0.5, 0.6) is 5.75 Å². The van der Waals surface area contributed by atoms with Crippen molar-refractivity contribution < 1.29 is 14.3 Å².